The van der Waals surface area contributed by atoms with E-state index in [0.717, 1.165) is 49.9 Å². The Bertz CT molecular complexity index is 1660. The molecule has 1 N–H and O–H groups in total. The first kappa shape index (κ1) is 35.8. The summed E-state index contributed by atoms with van der Waals surface area (Å²) in [6.07, 6.45) is 10.6. The highest BCUT2D eigenvalue weighted by atomic mass is 35.5. The molecule has 3 aromatic heterocycles. The maximum Gasteiger partial charge on any atom is 0.304 e. The zero-order valence-electron chi connectivity index (χ0n) is 28.6. The molecule has 3 atom stereocenters. The molecule has 2 fully saturated rings. The van der Waals surface area contributed by atoms with E-state index in [-0.39, 0.29) is 36.2 Å². The lowest BCUT2D eigenvalue weighted by Gasteiger charge is -2.42. The molecular formula is C33H43ClF2N10O4. The van der Waals surface area contributed by atoms with E-state index in [4.69, 9.17) is 25.8 Å². The SMILES string of the molecule is COCC(F)(F)COc1nn([C@H]2CC[C@H](N3C[C@@H](C)O[C@@H](C)C3)CC2)cc1Nc1ncc(-c2ccc(Cl)c(O[C@@H](C)Cn3cnnn3)c2)cn1. The summed E-state index contributed by atoms with van der Waals surface area (Å²) in [4.78, 5) is 11.5. The fourth-order valence-electron chi connectivity index (χ4n) is 6.60. The Kier molecular flexibility index (Phi) is 11.4. The number of morpholine rings is 1. The highest BCUT2D eigenvalue weighted by molar-refractivity contribution is 6.32. The predicted octanol–water partition coefficient (Wildman–Crippen LogP) is 5.44. The first-order chi connectivity index (χ1) is 24.0. The summed E-state index contributed by atoms with van der Waals surface area (Å²) in [6.45, 7) is 6.78. The summed E-state index contributed by atoms with van der Waals surface area (Å²) < 4.78 is 54.3. The molecule has 1 saturated heterocycles. The first-order valence-electron chi connectivity index (χ1n) is 16.8. The molecule has 0 radical (unpaired) electrons. The summed E-state index contributed by atoms with van der Waals surface area (Å²) >= 11 is 6.43. The molecule has 2 aliphatic rings. The summed E-state index contributed by atoms with van der Waals surface area (Å²) in [5.41, 5.74) is 1.90. The van der Waals surface area contributed by atoms with Gasteiger partial charge >= 0.3 is 5.92 Å². The van der Waals surface area contributed by atoms with Crippen molar-refractivity contribution in [1.29, 1.82) is 0 Å². The number of anilines is 2. The van der Waals surface area contributed by atoms with Crippen LogP contribution in [-0.2, 0) is 16.0 Å². The van der Waals surface area contributed by atoms with Crippen molar-refractivity contribution in [3.05, 3.63) is 48.1 Å². The third kappa shape index (κ3) is 9.21. The number of halogens is 3. The Morgan fingerprint density at radius 2 is 1.76 bits per heavy atom. The monoisotopic (exact) mass is 716 g/mol. The van der Waals surface area contributed by atoms with Gasteiger partial charge in [0.25, 0.3) is 5.88 Å². The smallest absolute Gasteiger partial charge is 0.304 e. The van der Waals surface area contributed by atoms with E-state index in [1.165, 1.54) is 13.4 Å². The van der Waals surface area contributed by atoms with Crippen molar-refractivity contribution in [3.8, 4) is 22.8 Å². The van der Waals surface area contributed by atoms with Gasteiger partial charge in [-0.3, -0.25) is 9.58 Å². The van der Waals surface area contributed by atoms with E-state index in [9.17, 15) is 8.78 Å². The number of rotatable bonds is 14. The Balaban J connectivity index is 1.14. The van der Waals surface area contributed by atoms with Gasteiger partial charge in [-0.1, -0.05) is 17.7 Å². The van der Waals surface area contributed by atoms with Crippen molar-refractivity contribution in [3.63, 3.8) is 0 Å². The third-order valence-corrected chi connectivity index (χ3v) is 9.12. The van der Waals surface area contributed by atoms with Crippen LogP contribution in [0.25, 0.3) is 11.1 Å². The number of aromatic nitrogens is 8. The molecule has 1 aliphatic heterocycles. The normalized spacial score (nSPS) is 22.3. The van der Waals surface area contributed by atoms with E-state index in [1.807, 2.05) is 23.7 Å². The standard InChI is InChI=1S/C33H43ClF2N10O4/c1-21-14-44(15-22(2)49-21)26-6-8-27(9-7-26)46-17-29(31(41-46)48-19-33(35,36)18-47-4)40-32-37-12-25(13-38-32)24-5-10-28(34)30(11-24)50-23(3)16-45-20-39-42-43-45/h5,10-13,17,20-23,26-27H,6-9,14-16,18-19H2,1-4H3,(H,37,38,40)/t21-,22+,23-,26-,27-/m0/s1. The van der Waals surface area contributed by atoms with E-state index in [1.54, 1.807) is 29.3 Å². The highest BCUT2D eigenvalue weighted by Gasteiger charge is 2.34. The zero-order valence-corrected chi connectivity index (χ0v) is 29.3. The van der Waals surface area contributed by atoms with Crippen LogP contribution >= 0.6 is 11.6 Å². The van der Waals surface area contributed by atoms with Gasteiger partial charge in [-0.05, 0) is 74.6 Å². The predicted molar refractivity (Wildman–Crippen MR) is 181 cm³/mol. The lowest BCUT2D eigenvalue weighted by molar-refractivity contribution is -0.0918. The molecule has 1 saturated carbocycles. The number of hydrogen-bond acceptors (Lipinski definition) is 12. The number of methoxy groups -OCH3 is 1. The number of ether oxygens (including phenoxy) is 4. The number of alkyl halides is 2. The van der Waals surface area contributed by atoms with Gasteiger partial charge in [-0.2, -0.15) is 0 Å². The molecule has 4 aromatic rings. The fourth-order valence-corrected chi connectivity index (χ4v) is 6.76. The second-order valence-electron chi connectivity index (χ2n) is 13.1. The van der Waals surface area contributed by atoms with Gasteiger partial charge in [-0.15, -0.1) is 10.2 Å². The van der Waals surface area contributed by atoms with Crippen LogP contribution in [0.4, 0.5) is 20.4 Å². The van der Waals surface area contributed by atoms with Crippen molar-refractivity contribution in [2.75, 3.05) is 38.7 Å². The fraction of sp³-hybridized carbons (Fsp3) is 0.576. The van der Waals surface area contributed by atoms with Crippen molar-refractivity contribution >= 4 is 23.2 Å². The molecule has 1 aliphatic carbocycles. The molecule has 270 valence electrons. The van der Waals surface area contributed by atoms with E-state index >= 15 is 0 Å². The van der Waals surface area contributed by atoms with Crippen LogP contribution in [0.5, 0.6) is 11.6 Å². The van der Waals surface area contributed by atoms with Crippen LogP contribution < -0.4 is 14.8 Å². The first-order valence-corrected chi connectivity index (χ1v) is 17.2. The van der Waals surface area contributed by atoms with Gasteiger partial charge in [0, 0.05) is 44.2 Å². The second-order valence-corrected chi connectivity index (χ2v) is 13.5. The molecule has 0 amide bonds. The highest BCUT2D eigenvalue weighted by Crippen LogP contribution is 2.36. The maximum absolute atomic E-state index is 14.3. The number of nitrogens with zero attached hydrogens (tertiary/aromatic N) is 9. The van der Waals surface area contributed by atoms with Crippen LogP contribution in [0.1, 0.15) is 52.5 Å². The van der Waals surface area contributed by atoms with E-state index < -0.39 is 19.1 Å². The van der Waals surface area contributed by atoms with Gasteiger partial charge in [0.1, 0.15) is 30.5 Å². The minimum absolute atomic E-state index is 0.0432. The van der Waals surface area contributed by atoms with Crippen molar-refractivity contribution in [1.82, 2.24) is 44.9 Å². The zero-order chi connectivity index (χ0) is 35.3. The Morgan fingerprint density at radius 3 is 2.44 bits per heavy atom. The quantitative estimate of drug-likeness (QED) is 0.178. The van der Waals surface area contributed by atoms with Gasteiger partial charge < -0.3 is 24.3 Å². The molecule has 50 heavy (non-hydrogen) atoms. The summed E-state index contributed by atoms with van der Waals surface area (Å²) in [5, 5.41) is 19.3. The van der Waals surface area contributed by atoms with Gasteiger partial charge in [0.05, 0.1) is 36.0 Å². The van der Waals surface area contributed by atoms with Gasteiger partial charge in [-0.25, -0.2) is 23.4 Å². The minimum atomic E-state index is -3.19. The van der Waals surface area contributed by atoms with Crippen molar-refractivity contribution < 1.29 is 27.7 Å². The van der Waals surface area contributed by atoms with Crippen molar-refractivity contribution in [2.45, 2.75) is 89.3 Å². The summed E-state index contributed by atoms with van der Waals surface area (Å²) in [7, 11) is 1.22. The Morgan fingerprint density at radius 1 is 1.04 bits per heavy atom. The third-order valence-electron chi connectivity index (χ3n) is 8.80. The average Bonchev–Trinajstić information content (AvgIpc) is 3.75. The summed E-state index contributed by atoms with van der Waals surface area (Å²) in [6, 6.07) is 5.98. The minimum Gasteiger partial charge on any atom is -0.487 e. The van der Waals surface area contributed by atoms with Crippen LogP contribution in [0.3, 0.4) is 0 Å². The number of benzene rings is 1. The molecule has 14 nitrogen and oxygen atoms in total. The number of nitrogens with one attached hydrogen (secondary N) is 1. The second kappa shape index (κ2) is 15.9. The molecule has 1 aromatic carbocycles. The van der Waals surface area contributed by atoms with Crippen LogP contribution in [-0.4, -0.2) is 109 Å². The largest absolute Gasteiger partial charge is 0.487 e. The van der Waals surface area contributed by atoms with Crippen LogP contribution in [0, 0.1) is 0 Å². The summed E-state index contributed by atoms with van der Waals surface area (Å²) in [5.74, 6) is -2.40. The molecule has 4 heterocycles. The van der Waals surface area contributed by atoms with Crippen LogP contribution in [0.2, 0.25) is 5.02 Å². The Hall–Kier alpha value is -3.99. The van der Waals surface area contributed by atoms with E-state index in [2.05, 4.69) is 59.4 Å². The number of tetrazole rings is 1. The van der Waals surface area contributed by atoms with Crippen molar-refractivity contribution in [2.24, 2.45) is 0 Å². The van der Waals surface area contributed by atoms with Gasteiger partial charge in [0.15, 0.2) is 6.61 Å². The topological polar surface area (TPSA) is 139 Å². The average molecular weight is 717 g/mol. The molecule has 17 heteroatoms. The van der Waals surface area contributed by atoms with Crippen LogP contribution in [0.15, 0.2) is 43.1 Å². The van der Waals surface area contributed by atoms with Gasteiger partial charge in [0.2, 0.25) is 5.95 Å². The lowest BCUT2D eigenvalue weighted by Crippen LogP contribution is -2.51. The molecular weight excluding hydrogens is 674 g/mol. The van der Waals surface area contributed by atoms with E-state index in [0.29, 0.717) is 29.0 Å². The lowest BCUT2D eigenvalue weighted by atomic mass is 9.89. The maximum atomic E-state index is 14.3. The molecule has 6 rings (SSSR count). The Labute approximate surface area is 294 Å². The molecule has 0 bridgehead atoms. The molecule has 0 spiro atoms. The molecule has 0 unspecified atom stereocenters. The number of hydrogen-bond donors (Lipinski definition) is 1.